The highest BCUT2D eigenvalue weighted by molar-refractivity contribution is 6.30. The maximum Gasteiger partial charge on any atom is 0.255 e. The Morgan fingerprint density at radius 1 is 1.57 bits per heavy atom. The first-order valence-electron chi connectivity index (χ1n) is 6.25. The largest absolute Gasteiger partial charge is 0.317 e. The van der Waals surface area contributed by atoms with Crippen LogP contribution in [-0.4, -0.2) is 40.2 Å². The smallest absolute Gasteiger partial charge is 0.255 e. The number of halogens is 1. The SMILES string of the molecule is CCC1C(=O)NC(=O)CN1C(=O)c1cc(Cl)nc(NN)c1. The molecule has 0 saturated carbocycles. The van der Waals surface area contributed by atoms with E-state index in [1.807, 2.05) is 0 Å². The van der Waals surface area contributed by atoms with Crippen molar-refractivity contribution in [3.63, 3.8) is 0 Å². The molecule has 0 spiro atoms. The summed E-state index contributed by atoms with van der Waals surface area (Å²) in [5, 5.41) is 2.29. The fraction of sp³-hybridized carbons (Fsp3) is 0.333. The van der Waals surface area contributed by atoms with E-state index in [4.69, 9.17) is 17.4 Å². The third-order valence-electron chi connectivity index (χ3n) is 3.09. The molecule has 9 heteroatoms. The number of anilines is 1. The van der Waals surface area contributed by atoms with Gasteiger partial charge in [-0.2, -0.15) is 0 Å². The van der Waals surface area contributed by atoms with Crippen molar-refractivity contribution in [2.45, 2.75) is 19.4 Å². The number of imide groups is 1. The van der Waals surface area contributed by atoms with E-state index in [-0.39, 0.29) is 23.1 Å². The second-order valence-electron chi connectivity index (χ2n) is 4.48. The molecule has 0 bridgehead atoms. The molecule has 4 N–H and O–H groups in total. The van der Waals surface area contributed by atoms with Crippen LogP contribution in [-0.2, 0) is 9.59 Å². The lowest BCUT2D eigenvalue weighted by Gasteiger charge is -2.33. The molecule has 2 rings (SSSR count). The van der Waals surface area contributed by atoms with Crippen LogP contribution < -0.4 is 16.6 Å². The van der Waals surface area contributed by atoms with Gasteiger partial charge >= 0.3 is 0 Å². The first-order valence-corrected chi connectivity index (χ1v) is 6.63. The molecule has 8 nitrogen and oxygen atoms in total. The van der Waals surface area contributed by atoms with Crippen molar-refractivity contribution in [2.75, 3.05) is 12.0 Å². The third-order valence-corrected chi connectivity index (χ3v) is 3.29. The van der Waals surface area contributed by atoms with Crippen molar-refractivity contribution in [1.29, 1.82) is 0 Å². The molecule has 1 aliphatic heterocycles. The normalized spacial score (nSPS) is 18.4. The van der Waals surface area contributed by atoms with E-state index < -0.39 is 23.8 Å². The minimum atomic E-state index is -0.698. The Bertz CT molecular complexity index is 607. The number of hydrogen-bond donors (Lipinski definition) is 3. The molecule has 0 aliphatic carbocycles. The molecule has 1 atom stereocenters. The van der Waals surface area contributed by atoms with Gasteiger partial charge in [-0.3, -0.25) is 19.7 Å². The zero-order chi connectivity index (χ0) is 15.6. The van der Waals surface area contributed by atoms with Gasteiger partial charge in [0.05, 0.1) is 0 Å². The highest BCUT2D eigenvalue weighted by Crippen LogP contribution is 2.19. The zero-order valence-corrected chi connectivity index (χ0v) is 12.0. The molecule has 1 unspecified atom stereocenters. The molecule has 112 valence electrons. The highest BCUT2D eigenvalue weighted by Gasteiger charge is 2.36. The summed E-state index contributed by atoms with van der Waals surface area (Å²) in [7, 11) is 0. The summed E-state index contributed by atoms with van der Waals surface area (Å²) in [4.78, 5) is 40.8. The zero-order valence-electron chi connectivity index (χ0n) is 11.2. The number of amides is 3. The van der Waals surface area contributed by atoms with Crippen LogP contribution in [0.3, 0.4) is 0 Å². The molecule has 1 saturated heterocycles. The maximum atomic E-state index is 12.5. The maximum absolute atomic E-state index is 12.5. The number of hydrazine groups is 1. The fourth-order valence-corrected chi connectivity index (χ4v) is 2.35. The number of nitrogens with zero attached hydrogens (tertiary/aromatic N) is 2. The topological polar surface area (TPSA) is 117 Å². The van der Waals surface area contributed by atoms with Crippen LogP contribution in [0.4, 0.5) is 5.82 Å². The van der Waals surface area contributed by atoms with E-state index in [0.717, 1.165) is 0 Å². The monoisotopic (exact) mass is 311 g/mol. The summed E-state index contributed by atoms with van der Waals surface area (Å²) < 4.78 is 0. The van der Waals surface area contributed by atoms with Gasteiger partial charge in [-0.05, 0) is 18.6 Å². The number of carbonyl (C=O) groups excluding carboxylic acids is 3. The Balaban J connectivity index is 2.35. The third kappa shape index (κ3) is 3.11. The van der Waals surface area contributed by atoms with Gasteiger partial charge in [0.15, 0.2) is 0 Å². The average molecular weight is 312 g/mol. The van der Waals surface area contributed by atoms with Crippen LogP contribution in [0.5, 0.6) is 0 Å². The van der Waals surface area contributed by atoms with Crippen molar-refractivity contribution in [2.24, 2.45) is 5.84 Å². The quantitative estimate of drug-likeness (QED) is 0.310. The number of nitrogens with one attached hydrogen (secondary N) is 2. The van der Waals surface area contributed by atoms with E-state index in [9.17, 15) is 14.4 Å². The Kier molecular flexibility index (Phi) is 4.39. The van der Waals surface area contributed by atoms with E-state index in [2.05, 4.69) is 15.7 Å². The van der Waals surface area contributed by atoms with Crippen molar-refractivity contribution >= 4 is 35.1 Å². The van der Waals surface area contributed by atoms with Gasteiger partial charge in [0.2, 0.25) is 11.8 Å². The molecule has 1 aromatic rings. The molecular formula is C12H14ClN5O3. The molecular weight excluding hydrogens is 298 g/mol. The van der Waals surface area contributed by atoms with Gasteiger partial charge in [0.1, 0.15) is 23.6 Å². The second-order valence-corrected chi connectivity index (χ2v) is 4.86. The number of pyridine rings is 1. The Hall–Kier alpha value is -2.19. The van der Waals surface area contributed by atoms with Gasteiger partial charge < -0.3 is 10.3 Å². The Morgan fingerprint density at radius 3 is 2.90 bits per heavy atom. The summed E-state index contributed by atoms with van der Waals surface area (Å²) in [6.45, 7) is 1.57. The second kappa shape index (κ2) is 6.06. The number of piperazine rings is 1. The average Bonchev–Trinajstić information content (AvgIpc) is 2.45. The van der Waals surface area contributed by atoms with Crippen LogP contribution in [0.2, 0.25) is 5.15 Å². The van der Waals surface area contributed by atoms with Crippen molar-refractivity contribution in [1.82, 2.24) is 15.2 Å². The van der Waals surface area contributed by atoms with Crippen LogP contribution in [0, 0.1) is 0 Å². The van der Waals surface area contributed by atoms with Crippen LogP contribution in [0.15, 0.2) is 12.1 Å². The Morgan fingerprint density at radius 2 is 2.29 bits per heavy atom. The van der Waals surface area contributed by atoms with Crippen molar-refractivity contribution < 1.29 is 14.4 Å². The summed E-state index contributed by atoms with van der Waals surface area (Å²) >= 11 is 5.82. The lowest BCUT2D eigenvalue weighted by molar-refractivity contribution is -0.138. The molecule has 1 aromatic heterocycles. The minimum Gasteiger partial charge on any atom is -0.317 e. The minimum absolute atomic E-state index is 0.0784. The van der Waals surface area contributed by atoms with E-state index in [0.29, 0.717) is 6.42 Å². The number of nitrogens with two attached hydrogens (primary N) is 1. The summed E-state index contributed by atoms with van der Waals surface area (Å²) in [5.41, 5.74) is 2.49. The highest BCUT2D eigenvalue weighted by atomic mass is 35.5. The van der Waals surface area contributed by atoms with Crippen LogP contribution in [0.25, 0.3) is 0 Å². The number of carbonyl (C=O) groups is 3. The fourth-order valence-electron chi connectivity index (χ4n) is 2.15. The number of nitrogen functional groups attached to an aromatic ring is 1. The molecule has 0 aromatic carbocycles. The molecule has 1 aliphatic rings. The molecule has 2 heterocycles. The Labute approximate surface area is 125 Å². The lowest BCUT2D eigenvalue weighted by Crippen LogP contribution is -2.59. The lowest BCUT2D eigenvalue weighted by atomic mass is 10.1. The standard InChI is InChI=1S/C12H14ClN5O3/c1-2-7-11(20)16-10(19)5-18(7)12(21)6-3-8(13)15-9(4-6)17-14/h3-4,7H,2,5,14H2,1H3,(H,15,17)(H,16,19,20). The van der Waals surface area contributed by atoms with E-state index in [1.54, 1.807) is 6.92 Å². The molecule has 21 heavy (non-hydrogen) atoms. The summed E-state index contributed by atoms with van der Waals surface area (Å²) in [6, 6.07) is 2.06. The molecule has 3 amide bonds. The van der Waals surface area contributed by atoms with Crippen molar-refractivity contribution in [3.8, 4) is 0 Å². The van der Waals surface area contributed by atoms with Gasteiger partial charge in [0, 0.05) is 5.56 Å². The predicted octanol–water partition coefficient (Wildman–Crippen LogP) is -0.102. The van der Waals surface area contributed by atoms with Crippen LogP contribution in [0.1, 0.15) is 23.7 Å². The van der Waals surface area contributed by atoms with Crippen molar-refractivity contribution in [3.05, 3.63) is 22.8 Å². The first kappa shape index (κ1) is 15.2. The van der Waals surface area contributed by atoms with E-state index >= 15 is 0 Å². The number of aromatic nitrogens is 1. The number of hydrogen-bond acceptors (Lipinski definition) is 6. The summed E-state index contributed by atoms with van der Waals surface area (Å²) in [6.07, 6.45) is 0.395. The number of rotatable bonds is 3. The molecule has 1 fully saturated rings. The van der Waals surface area contributed by atoms with Gasteiger partial charge in [-0.15, -0.1) is 0 Å². The van der Waals surface area contributed by atoms with Gasteiger partial charge in [-0.1, -0.05) is 18.5 Å². The summed E-state index contributed by atoms with van der Waals surface area (Å²) in [5.74, 6) is 3.98. The van der Waals surface area contributed by atoms with E-state index in [1.165, 1.54) is 17.0 Å². The van der Waals surface area contributed by atoms with Gasteiger partial charge in [0.25, 0.3) is 5.91 Å². The molecule has 0 radical (unpaired) electrons. The predicted molar refractivity (Wildman–Crippen MR) is 75.3 cm³/mol. The van der Waals surface area contributed by atoms with Crippen LogP contribution >= 0.6 is 11.6 Å². The first-order chi connectivity index (χ1) is 9.96. The van der Waals surface area contributed by atoms with Gasteiger partial charge in [-0.25, -0.2) is 10.8 Å².